The maximum absolute atomic E-state index is 10.2. The Bertz CT molecular complexity index is 145. The molecule has 4 nitrogen and oxygen atoms in total. The van der Waals surface area contributed by atoms with E-state index in [9.17, 15) is 4.79 Å². The van der Waals surface area contributed by atoms with Gasteiger partial charge in [0.15, 0.2) is 0 Å². The average Bonchev–Trinajstić information content (AvgIpc) is 1.81. The summed E-state index contributed by atoms with van der Waals surface area (Å²) in [5.74, 6) is -0.877. The van der Waals surface area contributed by atoms with Crippen LogP contribution in [0.25, 0.3) is 0 Å². The molecule has 0 aromatic rings. The van der Waals surface area contributed by atoms with E-state index in [1.165, 1.54) is 5.01 Å². The molecule has 0 fully saturated rings. The van der Waals surface area contributed by atoms with Crippen molar-refractivity contribution in [3.05, 3.63) is 12.3 Å². The first-order valence-electron chi connectivity index (χ1n) is 2.90. The second kappa shape index (κ2) is 3.90. The van der Waals surface area contributed by atoms with Gasteiger partial charge in [0, 0.05) is 12.7 Å². The number of carboxylic acids is 1. The summed E-state index contributed by atoms with van der Waals surface area (Å²) in [4.78, 5) is 10.2. The Morgan fingerprint density at radius 1 is 1.80 bits per heavy atom. The van der Waals surface area contributed by atoms with Gasteiger partial charge in [-0.15, -0.1) is 0 Å². The van der Waals surface area contributed by atoms with Gasteiger partial charge in [0.05, 0.1) is 0 Å². The molecule has 0 aromatic heterocycles. The number of hydrogen-bond donors (Lipinski definition) is 2. The van der Waals surface area contributed by atoms with Crippen LogP contribution in [-0.2, 0) is 4.79 Å². The van der Waals surface area contributed by atoms with Crippen molar-refractivity contribution >= 4 is 5.97 Å². The van der Waals surface area contributed by atoms with Gasteiger partial charge in [0.1, 0.15) is 6.54 Å². The van der Waals surface area contributed by atoms with Crippen LogP contribution in [0.5, 0.6) is 0 Å². The third kappa shape index (κ3) is 3.09. The van der Waals surface area contributed by atoms with E-state index in [1.54, 1.807) is 14.0 Å². The molecule has 0 spiro atoms. The molecule has 0 aliphatic rings. The van der Waals surface area contributed by atoms with Gasteiger partial charge >= 0.3 is 5.97 Å². The number of nitrogens with zero attached hydrogens (tertiary/aromatic N) is 1. The fourth-order valence-electron chi connectivity index (χ4n) is 0.540. The zero-order chi connectivity index (χ0) is 8.15. The summed E-state index contributed by atoms with van der Waals surface area (Å²) >= 11 is 0. The summed E-state index contributed by atoms with van der Waals surface area (Å²) in [5.41, 5.74) is 3.37. The lowest BCUT2D eigenvalue weighted by atomic mass is 10.5. The zero-order valence-electron chi connectivity index (χ0n) is 6.22. The second-order valence-electron chi connectivity index (χ2n) is 1.94. The molecular weight excluding hydrogens is 132 g/mol. The van der Waals surface area contributed by atoms with Gasteiger partial charge in [-0.3, -0.25) is 4.79 Å². The third-order valence-electron chi connectivity index (χ3n) is 1.02. The van der Waals surface area contributed by atoms with E-state index in [0.29, 0.717) is 5.70 Å². The Labute approximate surface area is 60.1 Å². The normalized spacial score (nSPS) is 9.00. The van der Waals surface area contributed by atoms with Crippen LogP contribution >= 0.6 is 0 Å². The third-order valence-corrected chi connectivity index (χ3v) is 1.02. The van der Waals surface area contributed by atoms with E-state index >= 15 is 0 Å². The topological polar surface area (TPSA) is 52.6 Å². The van der Waals surface area contributed by atoms with Crippen LogP contribution in [0.3, 0.4) is 0 Å². The van der Waals surface area contributed by atoms with Crippen molar-refractivity contribution in [2.75, 3.05) is 13.6 Å². The number of hydrogen-bond acceptors (Lipinski definition) is 3. The number of carboxylic acid groups (broad SMARTS) is 1. The first kappa shape index (κ1) is 8.97. The minimum absolute atomic E-state index is 0.0637. The number of carbonyl (C=O) groups is 1. The molecule has 4 heteroatoms. The van der Waals surface area contributed by atoms with Gasteiger partial charge in [0.2, 0.25) is 0 Å². The van der Waals surface area contributed by atoms with E-state index in [-0.39, 0.29) is 6.54 Å². The summed E-state index contributed by atoms with van der Waals surface area (Å²) in [6.45, 7) is 5.25. The molecule has 0 aliphatic heterocycles. The fraction of sp³-hybridized carbons (Fsp3) is 0.500. The van der Waals surface area contributed by atoms with E-state index in [4.69, 9.17) is 5.11 Å². The minimum Gasteiger partial charge on any atom is -0.480 e. The van der Waals surface area contributed by atoms with Crippen molar-refractivity contribution in [3.63, 3.8) is 0 Å². The Balaban J connectivity index is 3.83. The van der Waals surface area contributed by atoms with Crippen molar-refractivity contribution < 1.29 is 9.90 Å². The molecule has 0 aliphatic carbocycles. The van der Waals surface area contributed by atoms with Crippen molar-refractivity contribution in [1.82, 2.24) is 10.4 Å². The monoisotopic (exact) mass is 144 g/mol. The van der Waals surface area contributed by atoms with Crippen LogP contribution in [0.15, 0.2) is 12.3 Å². The summed E-state index contributed by atoms with van der Waals surface area (Å²) < 4.78 is 0. The van der Waals surface area contributed by atoms with E-state index < -0.39 is 5.97 Å². The standard InChI is InChI=1S/C6H12N2O2/c1-5(2)8(7-3)4-6(9)10/h7H,1,4H2,2-3H3,(H,9,10). The Morgan fingerprint density at radius 3 is 2.40 bits per heavy atom. The molecule has 2 N–H and O–H groups in total. The van der Waals surface area contributed by atoms with Gasteiger partial charge in [-0.1, -0.05) is 6.58 Å². The molecule has 0 saturated heterocycles. The van der Waals surface area contributed by atoms with Crippen molar-refractivity contribution in [1.29, 1.82) is 0 Å². The van der Waals surface area contributed by atoms with Crippen molar-refractivity contribution in [2.45, 2.75) is 6.92 Å². The molecule has 10 heavy (non-hydrogen) atoms. The average molecular weight is 144 g/mol. The fourth-order valence-corrected chi connectivity index (χ4v) is 0.540. The Morgan fingerprint density at radius 2 is 2.30 bits per heavy atom. The van der Waals surface area contributed by atoms with Gasteiger partial charge < -0.3 is 10.1 Å². The lowest BCUT2D eigenvalue weighted by molar-refractivity contribution is -0.138. The van der Waals surface area contributed by atoms with Gasteiger partial charge in [-0.05, 0) is 6.92 Å². The van der Waals surface area contributed by atoms with Crippen LogP contribution in [0.1, 0.15) is 6.92 Å². The number of rotatable bonds is 4. The summed E-state index contributed by atoms with van der Waals surface area (Å²) in [6, 6.07) is 0. The van der Waals surface area contributed by atoms with E-state index in [0.717, 1.165) is 0 Å². The molecule has 0 rings (SSSR count). The SMILES string of the molecule is C=C(C)N(CC(=O)O)NC. The van der Waals surface area contributed by atoms with Crippen LogP contribution < -0.4 is 5.43 Å². The molecule has 0 amide bonds. The predicted molar refractivity (Wildman–Crippen MR) is 38.2 cm³/mol. The molecule has 0 heterocycles. The summed E-state index contributed by atoms with van der Waals surface area (Å²) in [5, 5.41) is 9.79. The van der Waals surface area contributed by atoms with Gasteiger partial charge in [-0.2, -0.15) is 0 Å². The highest BCUT2D eigenvalue weighted by molar-refractivity contribution is 5.69. The maximum atomic E-state index is 10.2. The quantitative estimate of drug-likeness (QED) is 0.547. The smallest absolute Gasteiger partial charge is 0.324 e. The number of nitrogens with one attached hydrogen (secondary N) is 1. The van der Waals surface area contributed by atoms with E-state index in [1.807, 2.05) is 0 Å². The summed E-state index contributed by atoms with van der Waals surface area (Å²) in [7, 11) is 1.65. The first-order valence-corrected chi connectivity index (χ1v) is 2.90. The highest BCUT2D eigenvalue weighted by atomic mass is 16.4. The predicted octanol–water partition coefficient (Wildman–Crippen LogP) is 0.0410. The highest BCUT2D eigenvalue weighted by Crippen LogP contribution is 1.92. The highest BCUT2D eigenvalue weighted by Gasteiger charge is 2.04. The van der Waals surface area contributed by atoms with Gasteiger partial charge in [-0.25, -0.2) is 5.43 Å². The Hall–Kier alpha value is -1.03. The molecule has 0 aromatic carbocycles. The molecule has 0 atom stereocenters. The van der Waals surface area contributed by atoms with E-state index in [2.05, 4.69) is 12.0 Å². The number of allylic oxidation sites excluding steroid dienone is 1. The zero-order valence-corrected chi connectivity index (χ0v) is 6.22. The van der Waals surface area contributed by atoms with Crippen LogP contribution in [-0.4, -0.2) is 29.7 Å². The number of aliphatic carboxylic acids is 1. The molecule has 0 radical (unpaired) electrons. The lowest BCUT2D eigenvalue weighted by Gasteiger charge is -2.20. The van der Waals surface area contributed by atoms with Crippen LogP contribution in [0, 0.1) is 0 Å². The van der Waals surface area contributed by atoms with Crippen LogP contribution in [0.4, 0.5) is 0 Å². The Kier molecular flexibility index (Phi) is 3.49. The second-order valence-corrected chi connectivity index (χ2v) is 1.94. The first-order chi connectivity index (χ1) is 4.57. The largest absolute Gasteiger partial charge is 0.480 e. The number of hydrazine groups is 1. The molecule has 0 bridgehead atoms. The minimum atomic E-state index is -0.877. The molecule has 58 valence electrons. The lowest BCUT2D eigenvalue weighted by Crippen LogP contribution is -2.37. The molecule has 0 saturated carbocycles. The maximum Gasteiger partial charge on any atom is 0.324 e. The van der Waals surface area contributed by atoms with Crippen molar-refractivity contribution in [3.8, 4) is 0 Å². The summed E-state index contributed by atoms with van der Waals surface area (Å²) in [6.07, 6.45) is 0. The van der Waals surface area contributed by atoms with Gasteiger partial charge in [0.25, 0.3) is 0 Å². The molecular formula is C6H12N2O2. The molecule has 0 unspecified atom stereocenters. The van der Waals surface area contributed by atoms with Crippen molar-refractivity contribution in [2.24, 2.45) is 0 Å². The van der Waals surface area contributed by atoms with Crippen LogP contribution in [0.2, 0.25) is 0 Å².